The van der Waals surface area contributed by atoms with Crippen LogP contribution in [0.5, 0.6) is 0 Å². The average molecular weight is 641 g/mol. The molecular formula is C32H48N8O6. The second-order valence-corrected chi connectivity index (χ2v) is 13.6. The minimum Gasteiger partial charge on any atom is -0.347 e. The van der Waals surface area contributed by atoms with Gasteiger partial charge in [-0.1, -0.05) is 47.5 Å². The molecule has 0 spiro atoms. The lowest BCUT2D eigenvalue weighted by molar-refractivity contribution is -0.145. The van der Waals surface area contributed by atoms with E-state index in [2.05, 4.69) is 36.6 Å². The highest BCUT2D eigenvalue weighted by Crippen LogP contribution is 2.33. The molecule has 14 nitrogen and oxygen atoms in total. The van der Waals surface area contributed by atoms with Gasteiger partial charge in [-0.15, -0.1) is 0 Å². The maximum absolute atomic E-state index is 14.3. The zero-order valence-electron chi connectivity index (χ0n) is 27.4. The first-order valence-electron chi connectivity index (χ1n) is 16.4. The van der Waals surface area contributed by atoms with Crippen LogP contribution < -0.4 is 26.6 Å². The fourth-order valence-corrected chi connectivity index (χ4v) is 6.17. The summed E-state index contributed by atoms with van der Waals surface area (Å²) in [6.45, 7) is 10.2. The number of likely N-dealkylation sites (tertiary alicyclic amines) is 1. The molecule has 5 N–H and O–H groups in total. The second-order valence-electron chi connectivity index (χ2n) is 13.6. The van der Waals surface area contributed by atoms with Crippen molar-refractivity contribution in [3.05, 3.63) is 24.3 Å². The van der Waals surface area contributed by atoms with Crippen molar-refractivity contribution in [2.24, 2.45) is 11.3 Å². The lowest BCUT2D eigenvalue weighted by atomic mass is 9.85. The number of aromatic nitrogens is 2. The largest absolute Gasteiger partial charge is 0.347 e. The van der Waals surface area contributed by atoms with Gasteiger partial charge < -0.3 is 31.5 Å². The summed E-state index contributed by atoms with van der Waals surface area (Å²) < 4.78 is 0. The van der Waals surface area contributed by atoms with E-state index in [1.54, 1.807) is 0 Å². The number of amides is 5. The van der Waals surface area contributed by atoms with E-state index in [0.717, 1.165) is 19.3 Å². The first-order valence-corrected chi connectivity index (χ1v) is 16.4. The molecule has 2 aliphatic heterocycles. The van der Waals surface area contributed by atoms with Gasteiger partial charge in [0.15, 0.2) is 0 Å². The molecule has 5 amide bonds. The van der Waals surface area contributed by atoms with Crippen LogP contribution in [0.25, 0.3) is 0 Å². The van der Waals surface area contributed by atoms with Gasteiger partial charge in [0.2, 0.25) is 23.5 Å². The van der Waals surface area contributed by atoms with E-state index >= 15 is 0 Å². The molecule has 3 fully saturated rings. The molecule has 3 heterocycles. The van der Waals surface area contributed by atoms with Crippen molar-refractivity contribution in [1.29, 1.82) is 0 Å². The van der Waals surface area contributed by atoms with Crippen molar-refractivity contribution in [3.8, 4) is 0 Å². The zero-order valence-corrected chi connectivity index (χ0v) is 27.4. The fraction of sp³-hybridized carbons (Fsp3) is 0.688. The molecular weight excluding hydrogens is 592 g/mol. The Morgan fingerprint density at radius 1 is 0.957 bits per heavy atom. The lowest BCUT2D eigenvalue weighted by Gasteiger charge is -2.37. The number of fused-ring (bicyclic) bond motifs is 1. The molecule has 1 unspecified atom stereocenters. The zero-order chi connectivity index (χ0) is 33.6. The summed E-state index contributed by atoms with van der Waals surface area (Å²) in [5.74, 6) is -3.43. The lowest BCUT2D eigenvalue weighted by Crippen LogP contribution is -2.62. The number of nitrogens with one attached hydrogen (secondary N) is 5. The van der Waals surface area contributed by atoms with Crippen molar-refractivity contribution < 1.29 is 28.8 Å². The van der Waals surface area contributed by atoms with Gasteiger partial charge >= 0.3 is 0 Å². The summed E-state index contributed by atoms with van der Waals surface area (Å²) in [7, 11) is 0. The summed E-state index contributed by atoms with van der Waals surface area (Å²) in [6.07, 6.45) is 8.31. The van der Waals surface area contributed by atoms with Gasteiger partial charge in [0.25, 0.3) is 11.8 Å². The molecule has 1 aromatic heterocycles. The molecule has 6 atom stereocenters. The molecule has 0 radical (unpaired) electrons. The molecule has 46 heavy (non-hydrogen) atoms. The van der Waals surface area contributed by atoms with Crippen LogP contribution in [0.15, 0.2) is 18.6 Å². The summed E-state index contributed by atoms with van der Waals surface area (Å²) in [6, 6.07) is -4.25. The third-order valence-electron chi connectivity index (χ3n) is 8.80. The number of carbonyl (C=O) groups is 6. The SMILES string of the molecule is CCC[C@H](NC(=O)c1cnccn1)C(=O)N[C@H](C(=O)N1C[C@@H]2CCNC2[C@H]1C(=O)N[C@@H](CCC)C(=O)C(=O)NC1CC1)C(C)(C)C. The number of hydrogen-bond donors (Lipinski definition) is 5. The van der Waals surface area contributed by atoms with Gasteiger partial charge in [-0.2, -0.15) is 0 Å². The van der Waals surface area contributed by atoms with Crippen molar-refractivity contribution in [1.82, 2.24) is 41.5 Å². The molecule has 1 aromatic rings. The second kappa shape index (κ2) is 15.1. The summed E-state index contributed by atoms with van der Waals surface area (Å²) >= 11 is 0. The standard InChI is InChI=1S/C32H48N8O6/c1-6-8-20(25(41)30(45)36-19-10-11-19)37-29(44)24-23-18(12-13-35-23)17-40(24)31(46)26(32(3,4)5)39-27(42)21(9-7-2)38-28(43)22-16-33-14-15-34-22/h14-16,18-21,23-24,26,35H,6-13,17H2,1-5H3,(H,36,45)(H,37,44)(H,38,43)(H,39,42)/t18-,20-,21-,23?,24-,26+/m0/s1. The number of hydrogen-bond acceptors (Lipinski definition) is 9. The highest BCUT2D eigenvalue weighted by atomic mass is 16.2. The fourth-order valence-electron chi connectivity index (χ4n) is 6.17. The van der Waals surface area contributed by atoms with Crippen LogP contribution in [0.3, 0.4) is 0 Å². The van der Waals surface area contributed by atoms with Gasteiger partial charge in [-0.3, -0.25) is 33.8 Å². The molecule has 0 bridgehead atoms. The number of nitrogens with zero attached hydrogens (tertiary/aromatic N) is 3. The van der Waals surface area contributed by atoms with Crippen LogP contribution in [0.2, 0.25) is 0 Å². The van der Waals surface area contributed by atoms with E-state index in [9.17, 15) is 28.8 Å². The van der Waals surface area contributed by atoms with E-state index < -0.39 is 64.9 Å². The summed E-state index contributed by atoms with van der Waals surface area (Å²) in [5, 5.41) is 14.4. The van der Waals surface area contributed by atoms with E-state index in [0.29, 0.717) is 32.4 Å². The van der Waals surface area contributed by atoms with Crippen molar-refractivity contribution in [2.75, 3.05) is 13.1 Å². The van der Waals surface area contributed by atoms with Crippen LogP contribution >= 0.6 is 0 Å². The van der Waals surface area contributed by atoms with Gasteiger partial charge in [-0.05, 0) is 50.0 Å². The van der Waals surface area contributed by atoms with Crippen molar-refractivity contribution in [3.63, 3.8) is 0 Å². The Kier molecular flexibility index (Phi) is 11.5. The smallest absolute Gasteiger partial charge is 0.289 e. The Morgan fingerprint density at radius 3 is 2.26 bits per heavy atom. The normalized spacial score (nSPS) is 22.6. The minimum absolute atomic E-state index is 0.00243. The Hall–Kier alpha value is -3.94. The Bertz CT molecular complexity index is 1300. The number of Topliss-reactive ketones (excluding diaryl/α,β-unsaturated/α-hetero) is 1. The Balaban J connectivity index is 1.52. The number of ketones is 1. The van der Waals surface area contributed by atoms with E-state index in [1.807, 2.05) is 34.6 Å². The van der Waals surface area contributed by atoms with Gasteiger partial charge in [-0.25, -0.2) is 4.98 Å². The molecule has 252 valence electrons. The Labute approximate surface area is 270 Å². The monoisotopic (exact) mass is 640 g/mol. The van der Waals surface area contributed by atoms with Crippen LogP contribution in [0.4, 0.5) is 0 Å². The van der Waals surface area contributed by atoms with Gasteiger partial charge in [0.1, 0.15) is 23.8 Å². The molecule has 3 aliphatic rings. The topological polar surface area (TPSA) is 192 Å². The third-order valence-corrected chi connectivity index (χ3v) is 8.80. The summed E-state index contributed by atoms with van der Waals surface area (Å²) in [4.78, 5) is 89.7. The van der Waals surface area contributed by atoms with E-state index in [1.165, 1.54) is 23.5 Å². The van der Waals surface area contributed by atoms with Crippen LogP contribution in [-0.2, 0) is 24.0 Å². The maximum atomic E-state index is 14.3. The van der Waals surface area contributed by atoms with Crippen LogP contribution in [-0.4, -0.2) is 99.5 Å². The van der Waals surface area contributed by atoms with Crippen molar-refractivity contribution in [2.45, 2.75) is 116 Å². The van der Waals surface area contributed by atoms with Crippen molar-refractivity contribution >= 4 is 35.3 Å². The average Bonchev–Trinajstić information content (AvgIpc) is 3.58. The highest BCUT2D eigenvalue weighted by Gasteiger charge is 2.52. The molecule has 1 aliphatic carbocycles. The number of carbonyl (C=O) groups excluding carboxylic acids is 6. The first kappa shape index (κ1) is 34.9. The van der Waals surface area contributed by atoms with Crippen LogP contribution in [0, 0.1) is 11.3 Å². The minimum atomic E-state index is -1.03. The Morgan fingerprint density at radius 2 is 1.65 bits per heavy atom. The molecule has 0 aromatic carbocycles. The number of rotatable bonds is 14. The van der Waals surface area contributed by atoms with Crippen LogP contribution in [0.1, 0.15) is 90.1 Å². The van der Waals surface area contributed by atoms with Gasteiger partial charge in [0, 0.05) is 31.0 Å². The maximum Gasteiger partial charge on any atom is 0.289 e. The quantitative estimate of drug-likeness (QED) is 0.177. The van der Waals surface area contributed by atoms with E-state index in [-0.39, 0.29) is 30.1 Å². The summed E-state index contributed by atoms with van der Waals surface area (Å²) in [5.41, 5.74) is -0.693. The molecule has 2 saturated heterocycles. The predicted octanol–water partition coefficient (Wildman–Crippen LogP) is 0.228. The first-order chi connectivity index (χ1) is 21.8. The third kappa shape index (κ3) is 8.45. The predicted molar refractivity (Wildman–Crippen MR) is 168 cm³/mol. The van der Waals surface area contributed by atoms with Gasteiger partial charge in [0.05, 0.1) is 12.2 Å². The molecule has 14 heteroatoms. The molecule has 4 rings (SSSR count). The molecule has 1 saturated carbocycles. The highest BCUT2D eigenvalue weighted by molar-refractivity contribution is 6.38. The van der Waals surface area contributed by atoms with E-state index in [4.69, 9.17) is 0 Å².